The Hall–Kier alpha value is -2.75. The smallest absolute Gasteiger partial charge is 0.336 e. The highest BCUT2D eigenvalue weighted by atomic mass is 16.5. The molecule has 2 N–H and O–H groups in total. The lowest BCUT2D eigenvalue weighted by Crippen LogP contribution is -2.03. The molecule has 0 bridgehead atoms. The van der Waals surface area contributed by atoms with Crippen LogP contribution >= 0.6 is 0 Å². The summed E-state index contributed by atoms with van der Waals surface area (Å²) < 4.78 is 5.13. The maximum Gasteiger partial charge on any atom is 0.336 e. The van der Waals surface area contributed by atoms with Gasteiger partial charge in [-0.05, 0) is 36.3 Å². The lowest BCUT2D eigenvalue weighted by molar-refractivity contribution is -0.128. The number of benzene rings is 2. The molecule has 4 nitrogen and oxygen atoms in total. The highest BCUT2D eigenvalue weighted by Crippen LogP contribution is 2.32. The van der Waals surface area contributed by atoms with Crippen molar-refractivity contribution in [3.8, 4) is 17.2 Å². The van der Waals surface area contributed by atoms with Crippen LogP contribution in [-0.2, 0) is 11.2 Å². The minimum Gasteiger partial charge on any atom is -0.504 e. The molecule has 0 heterocycles. The average Bonchev–Trinajstić information content (AvgIpc) is 2.49. The van der Waals surface area contributed by atoms with E-state index >= 15 is 0 Å². The fraction of sp³-hybridized carbons (Fsp3) is 0.118. The quantitative estimate of drug-likeness (QED) is 0.391. The molecule has 0 spiro atoms. The molecule has 0 aliphatic carbocycles. The zero-order chi connectivity index (χ0) is 15.2. The summed E-state index contributed by atoms with van der Waals surface area (Å²) >= 11 is 0. The van der Waals surface area contributed by atoms with Gasteiger partial charge in [-0.15, -0.1) is 0 Å². The van der Waals surface area contributed by atoms with Gasteiger partial charge in [0.1, 0.15) is 5.75 Å². The van der Waals surface area contributed by atoms with Crippen LogP contribution in [0.4, 0.5) is 0 Å². The molecular weight excluding hydrogens is 268 g/mol. The van der Waals surface area contributed by atoms with E-state index in [2.05, 4.69) is 0 Å². The Labute approximate surface area is 122 Å². The molecule has 0 amide bonds. The van der Waals surface area contributed by atoms with Crippen LogP contribution in [0.1, 0.15) is 18.1 Å². The Balaban J connectivity index is 2.14. The molecule has 2 rings (SSSR count). The maximum absolute atomic E-state index is 11.7. The number of esters is 1. The molecule has 0 radical (unpaired) electrons. The highest BCUT2D eigenvalue weighted by molar-refractivity contribution is 5.89. The summed E-state index contributed by atoms with van der Waals surface area (Å²) in [6, 6.07) is 11.8. The third-order valence-electron chi connectivity index (χ3n) is 3.01. The van der Waals surface area contributed by atoms with E-state index in [0.717, 1.165) is 0 Å². The number of rotatable bonds is 4. The van der Waals surface area contributed by atoms with E-state index in [1.807, 2.05) is 13.0 Å². The number of carbonyl (C=O) groups excluding carboxylic acids is 1. The molecule has 0 fully saturated rings. The van der Waals surface area contributed by atoms with Gasteiger partial charge < -0.3 is 14.9 Å². The Morgan fingerprint density at radius 1 is 1.14 bits per heavy atom. The first-order chi connectivity index (χ1) is 10.1. The second-order valence-electron chi connectivity index (χ2n) is 4.42. The first kappa shape index (κ1) is 14.7. The maximum atomic E-state index is 11.7. The normalized spacial score (nSPS) is 10.7. The minimum absolute atomic E-state index is 0.156. The van der Waals surface area contributed by atoms with Crippen LogP contribution in [0.3, 0.4) is 0 Å². The third-order valence-corrected chi connectivity index (χ3v) is 3.01. The SMILES string of the molecule is CCc1c(C=CC(=O)Oc2ccccc2)ccc(O)c1O. The van der Waals surface area contributed by atoms with E-state index in [0.29, 0.717) is 23.3 Å². The molecule has 108 valence electrons. The lowest BCUT2D eigenvalue weighted by Gasteiger charge is -2.07. The van der Waals surface area contributed by atoms with Gasteiger partial charge in [0.15, 0.2) is 11.5 Å². The first-order valence-electron chi connectivity index (χ1n) is 6.60. The second-order valence-corrected chi connectivity index (χ2v) is 4.42. The molecule has 2 aromatic carbocycles. The zero-order valence-electron chi connectivity index (χ0n) is 11.6. The van der Waals surface area contributed by atoms with Gasteiger partial charge in [0.25, 0.3) is 0 Å². The molecule has 4 heteroatoms. The Kier molecular flexibility index (Phi) is 4.61. The summed E-state index contributed by atoms with van der Waals surface area (Å²) in [5.74, 6) is -0.362. The van der Waals surface area contributed by atoms with E-state index < -0.39 is 5.97 Å². The molecule has 21 heavy (non-hydrogen) atoms. The third kappa shape index (κ3) is 3.63. The van der Waals surface area contributed by atoms with Crippen molar-refractivity contribution in [1.29, 1.82) is 0 Å². The predicted molar refractivity (Wildman–Crippen MR) is 80.3 cm³/mol. The van der Waals surface area contributed by atoms with Gasteiger partial charge in [-0.3, -0.25) is 0 Å². The summed E-state index contributed by atoms with van der Waals surface area (Å²) in [5.41, 5.74) is 1.25. The molecule has 0 unspecified atom stereocenters. The molecular formula is C17H16O4. The van der Waals surface area contributed by atoms with Crippen molar-refractivity contribution < 1.29 is 19.7 Å². The summed E-state index contributed by atoms with van der Waals surface area (Å²) in [7, 11) is 0. The van der Waals surface area contributed by atoms with Crippen LogP contribution in [0.15, 0.2) is 48.5 Å². The van der Waals surface area contributed by atoms with E-state index in [4.69, 9.17) is 4.74 Å². The highest BCUT2D eigenvalue weighted by Gasteiger charge is 2.09. The number of aromatic hydroxyl groups is 2. The standard InChI is InChI=1S/C17H16O4/c1-2-14-12(8-10-15(18)17(14)20)9-11-16(19)21-13-6-4-3-5-7-13/h3-11,18,20H,2H2,1H3. The Bertz CT molecular complexity index is 660. The number of carbonyl (C=O) groups is 1. The van der Waals surface area contributed by atoms with Gasteiger partial charge in [-0.1, -0.05) is 31.2 Å². The number of hydrogen-bond donors (Lipinski definition) is 2. The van der Waals surface area contributed by atoms with Crippen molar-refractivity contribution in [3.63, 3.8) is 0 Å². The lowest BCUT2D eigenvalue weighted by atomic mass is 10.0. The van der Waals surface area contributed by atoms with Crippen LogP contribution < -0.4 is 4.74 Å². The van der Waals surface area contributed by atoms with E-state index in [1.54, 1.807) is 36.4 Å². The second kappa shape index (κ2) is 6.61. The summed E-state index contributed by atoms with van der Waals surface area (Å²) in [5, 5.41) is 19.2. The van der Waals surface area contributed by atoms with Crippen molar-refractivity contribution in [1.82, 2.24) is 0 Å². The fourth-order valence-corrected chi connectivity index (χ4v) is 1.96. The van der Waals surface area contributed by atoms with Crippen molar-refractivity contribution in [3.05, 3.63) is 59.7 Å². The van der Waals surface area contributed by atoms with Crippen molar-refractivity contribution in [2.24, 2.45) is 0 Å². The molecule has 0 aromatic heterocycles. The van der Waals surface area contributed by atoms with E-state index in [1.165, 1.54) is 12.1 Å². The number of hydrogen-bond acceptors (Lipinski definition) is 4. The van der Waals surface area contributed by atoms with Gasteiger partial charge in [0.05, 0.1) is 0 Å². The zero-order valence-corrected chi connectivity index (χ0v) is 11.6. The first-order valence-corrected chi connectivity index (χ1v) is 6.60. The number of ether oxygens (including phenoxy) is 1. The largest absolute Gasteiger partial charge is 0.504 e. The van der Waals surface area contributed by atoms with Crippen LogP contribution in [0.25, 0.3) is 6.08 Å². The van der Waals surface area contributed by atoms with Gasteiger partial charge >= 0.3 is 5.97 Å². The molecule has 0 saturated carbocycles. The predicted octanol–water partition coefficient (Wildman–Crippen LogP) is 3.28. The van der Waals surface area contributed by atoms with Gasteiger partial charge in [-0.25, -0.2) is 4.79 Å². The van der Waals surface area contributed by atoms with Crippen LogP contribution in [0, 0.1) is 0 Å². The molecule has 0 aliphatic heterocycles. The Morgan fingerprint density at radius 3 is 2.52 bits per heavy atom. The van der Waals surface area contributed by atoms with Crippen LogP contribution in [0.5, 0.6) is 17.2 Å². The number of phenolic OH excluding ortho intramolecular Hbond substituents is 2. The monoisotopic (exact) mass is 284 g/mol. The van der Waals surface area contributed by atoms with E-state index in [9.17, 15) is 15.0 Å². The van der Waals surface area contributed by atoms with Gasteiger partial charge in [0.2, 0.25) is 0 Å². The number of para-hydroxylation sites is 1. The molecule has 2 aromatic rings. The fourth-order valence-electron chi connectivity index (χ4n) is 1.96. The average molecular weight is 284 g/mol. The van der Waals surface area contributed by atoms with Crippen LogP contribution in [-0.4, -0.2) is 16.2 Å². The molecule has 0 saturated heterocycles. The molecule has 0 aliphatic rings. The summed E-state index contributed by atoms with van der Waals surface area (Å²) in [4.78, 5) is 11.7. The Morgan fingerprint density at radius 2 is 1.86 bits per heavy atom. The molecule has 0 atom stereocenters. The van der Waals surface area contributed by atoms with Crippen LogP contribution in [0.2, 0.25) is 0 Å². The van der Waals surface area contributed by atoms with Gasteiger partial charge in [0, 0.05) is 11.6 Å². The van der Waals surface area contributed by atoms with Crippen molar-refractivity contribution >= 4 is 12.0 Å². The topological polar surface area (TPSA) is 66.8 Å². The minimum atomic E-state index is -0.504. The van der Waals surface area contributed by atoms with E-state index in [-0.39, 0.29) is 11.5 Å². The van der Waals surface area contributed by atoms with Crippen molar-refractivity contribution in [2.75, 3.05) is 0 Å². The van der Waals surface area contributed by atoms with Crippen molar-refractivity contribution in [2.45, 2.75) is 13.3 Å². The summed E-state index contributed by atoms with van der Waals surface area (Å²) in [6.45, 7) is 1.86. The summed E-state index contributed by atoms with van der Waals surface area (Å²) in [6.07, 6.45) is 3.38. The number of phenols is 2. The van der Waals surface area contributed by atoms with Gasteiger partial charge in [-0.2, -0.15) is 0 Å².